The first-order chi connectivity index (χ1) is 18.0. The van der Waals surface area contributed by atoms with Gasteiger partial charge in [-0.25, -0.2) is 0 Å². The van der Waals surface area contributed by atoms with Gasteiger partial charge in [0.25, 0.3) is 0 Å². The number of hydrogen-bond donors (Lipinski definition) is 3. The van der Waals surface area contributed by atoms with E-state index in [-0.39, 0.29) is 23.4 Å². The summed E-state index contributed by atoms with van der Waals surface area (Å²) in [6.45, 7) is 0.869. The molecular formula is C32H48O5. The van der Waals surface area contributed by atoms with E-state index in [9.17, 15) is 15.3 Å². The highest BCUT2D eigenvalue weighted by Crippen LogP contribution is 2.56. The van der Waals surface area contributed by atoms with Crippen LogP contribution in [0.5, 0.6) is 0 Å². The minimum Gasteiger partial charge on any atom is -0.508 e. The zero-order valence-corrected chi connectivity index (χ0v) is 23.0. The zero-order valence-electron chi connectivity index (χ0n) is 23.0. The number of methoxy groups -OCH3 is 2. The van der Waals surface area contributed by atoms with Crippen LogP contribution in [0.4, 0.5) is 0 Å². The van der Waals surface area contributed by atoms with Gasteiger partial charge < -0.3 is 24.8 Å². The lowest BCUT2D eigenvalue weighted by molar-refractivity contribution is 0.0548. The van der Waals surface area contributed by atoms with Crippen LogP contribution in [0.3, 0.4) is 0 Å². The van der Waals surface area contributed by atoms with Gasteiger partial charge >= 0.3 is 0 Å². The van der Waals surface area contributed by atoms with Crippen molar-refractivity contribution in [3.05, 3.63) is 46.3 Å². The second-order valence-electron chi connectivity index (χ2n) is 12.5. The normalized spacial score (nSPS) is 36.1. The van der Waals surface area contributed by atoms with E-state index in [1.54, 1.807) is 14.2 Å². The molecule has 0 spiro atoms. The molecule has 0 aromatic heterocycles. The molecule has 3 atom stereocenters. The molecule has 5 rings (SSSR count). The Morgan fingerprint density at radius 1 is 0.865 bits per heavy atom. The third-order valence-electron chi connectivity index (χ3n) is 10.4. The second kappa shape index (κ2) is 11.8. The van der Waals surface area contributed by atoms with Crippen LogP contribution in [0.1, 0.15) is 83.5 Å². The molecule has 0 radical (unpaired) electrons. The van der Waals surface area contributed by atoms with Crippen molar-refractivity contribution in [2.75, 3.05) is 27.4 Å². The Balaban J connectivity index is 1.57. The molecule has 0 saturated heterocycles. The van der Waals surface area contributed by atoms with Crippen LogP contribution in [0.25, 0.3) is 0 Å². The first-order valence-corrected chi connectivity index (χ1v) is 14.9. The first-order valence-electron chi connectivity index (χ1n) is 14.9. The van der Waals surface area contributed by atoms with Gasteiger partial charge in [-0.3, -0.25) is 0 Å². The lowest BCUT2D eigenvalue weighted by atomic mass is 9.56. The summed E-state index contributed by atoms with van der Waals surface area (Å²) in [6.07, 6.45) is 20.2. The van der Waals surface area contributed by atoms with Gasteiger partial charge in [-0.15, -0.1) is 0 Å². The van der Waals surface area contributed by atoms with Gasteiger partial charge in [-0.05, 0) is 92.3 Å². The number of ether oxygens (including phenoxy) is 2. The van der Waals surface area contributed by atoms with Crippen LogP contribution in [0.2, 0.25) is 0 Å². The molecule has 5 aliphatic carbocycles. The van der Waals surface area contributed by atoms with E-state index in [1.807, 2.05) is 0 Å². The predicted octanol–water partition coefficient (Wildman–Crippen LogP) is 6.18. The molecule has 3 N–H and O–H groups in total. The zero-order chi connectivity index (χ0) is 26.0. The quantitative estimate of drug-likeness (QED) is 0.362. The summed E-state index contributed by atoms with van der Waals surface area (Å²) in [6, 6.07) is 0. The Morgan fingerprint density at radius 2 is 1.51 bits per heavy atom. The maximum Gasteiger partial charge on any atom is 0.120 e. The Labute approximate surface area is 223 Å². The summed E-state index contributed by atoms with van der Waals surface area (Å²) < 4.78 is 11.1. The fourth-order valence-corrected chi connectivity index (χ4v) is 8.39. The van der Waals surface area contributed by atoms with Crippen molar-refractivity contribution >= 4 is 0 Å². The van der Waals surface area contributed by atoms with Crippen LogP contribution in [0, 0.1) is 29.1 Å². The van der Waals surface area contributed by atoms with E-state index in [2.05, 4.69) is 18.2 Å². The molecule has 3 unspecified atom stereocenters. The van der Waals surface area contributed by atoms with E-state index in [4.69, 9.17) is 9.47 Å². The standard InChI is InChI=1S/C32H48O5/c1-36-19-23-15-25(17-28(30(23)34)21-7-3-4-8-21)32(13-11-27(33)12-14-32)26-16-24(20-37-2)31(35)29(18-26)22-9-5-6-10-22/h15-17,21-22,26-28,30,33-35H,3-14,18-20H2,1-2H3. The lowest BCUT2D eigenvalue weighted by Gasteiger charge is -2.49. The summed E-state index contributed by atoms with van der Waals surface area (Å²) in [7, 11) is 3.42. The number of allylic oxidation sites excluding steroid dienone is 4. The minimum atomic E-state index is -0.484. The van der Waals surface area contributed by atoms with Gasteiger partial charge in [0.2, 0.25) is 0 Å². The molecule has 0 heterocycles. The van der Waals surface area contributed by atoms with E-state index in [1.165, 1.54) is 49.7 Å². The summed E-state index contributed by atoms with van der Waals surface area (Å²) in [5, 5.41) is 33.3. The molecule has 0 bridgehead atoms. The monoisotopic (exact) mass is 512 g/mol. The van der Waals surface area contributed by atoms with Crippen LogP contribution >= 0.6 is 0 Å². The highest BCUT2D eigenvalue weighted by Gasteiger charge is 2.47. The van der Waals surface area contributed by atoms with Gasteiger partial charge in [0.15, 0.2) is 0 Å². The summed E-state index contributed by atoms with van der Waals surface area (Å²) >= 11 is 0. The van der Waals surface area contributed by atoms with Crippen LogP contribution in [-0.2, 0) is 9.47 Å². The summed E-state index contributed by atoms with van der Waals surface area (Å²) in [5.74, 6) is 1.81. The molecule has 37 heavy (non-hydrogen) atoms. The van der Waals surface area contributed by atoms with Crippen LogP contribution < -0.4 is 0 Å². The lowest BCUT2D eigenvalue weighted by Crippen LogP contribution is -2.41. The van der Waals surface area contributed by atoms with Gasteiger partial charge in [0, 0.05) is 31.1 Å². The second-order valence-corrected chi connectivity index (χ2v) is 12.5. The molecule has 5 nitrogen and oxygen atoms in total. The van der Waals surface area contributed by atoms with Gasteiger partial charge in [-0.2, -0.15) is 0 Å². The van der Waals surface area contributed by atoms with Crippen molar-refractivity contribution in [3.8, 4) is 0 Å². The maximum absolute atomic E-state index is 11.4. The van der Waals surface area contributed by atoms with E-state index in [0.29, 0.717) is 30.8 Å². The molecule has 3 fully saturated rings. The summed E-state index contributed by atoms with van der Waals surface area (Å²) in [5.41, 5.74) is 4.36. The minimum absolute atomic E-state index is 0.126. The van der Waals surface area contributed by atoms with Gasteiger partial charge in [0.1, 0.15) is 5.76 Å². The molecule has 206 valence electrons. The maximum atomic E-state index is 11.4. The fourth-order valence-electron chi connectivity index (χ4n) is 8.39. The highest BCUT2D eigenvalue weighted by molar-refractivity contribution is 5.44. The van der Waals surface area contributed by atoms with E-state index >= 15 is 0 Å². The number of aliphatic hydroxyl groups excluding tert-OH is 3. The third kappa shape index (κ3) is 5.39. The number of aliphatic hydroxyl groups is 3. The van der Waals surface area contributed by atoms with Crippen molar-refractivity contribution in [1.29, 1.82) is 0 Å². The SMILES string of the molecule is COCC1=CC(C2(C3=CC(C4CCCC4)C(O)C(COC)=C3)CCC(O)CC2)CC(C2CCCC2)=C1O. The largest absolute Gasteiger partial charge is 0.508 e. The molecule has 0 aromatic carbocycles. The molecule has 0 amide bonds. The molecule has 5 aliphatic rings. The van der Waals surface area contributed by atoms with Crippen molar-refractivity contribution < 1.29 is 24.8 Å². The first kappa shape index (κ1) is 27.2. The van der Waals surface area contributed by atoms with Crippen molar-refractivity contribution in [2.24, 2.45) is 29.1 Å². The molecule has 0 aromatic rings. The fraction of sp³-hybridized carbons (Fsp3) is 0.750. The smallest absolute Gasteiger partial charge is 0.120 e. The van der Waals surface area contributed by atoms with Crippen LogP contribution in [-0.4, -0.2) is 55.0 Å². The summed E-state index contributed by atoms with van der Waals surface area (Å²) in [4.78, 5) is 0. The topological polar surface area (TPSA) is 79.2 Å². The number of rotatable bonds is 8. The Hall–Kier alpha value is -1.40. The molecule has 5 heteroatoms. The van der Waals surface area contributed by atoms with E-state index in [0.717, 1.165) is 56.1 Å². The van der Waals surface area contributed by atoms with Gasteiger partial charge in [-0.1, -0.05) is 43.9 Å². The van der Waals surface area contributed by atoms with Crippen molar-refractivity contribution in [2.45, 2.75) is 95.7 Å². The predicted molar refractivity (Wildman–Crippen MR) is 146 cm³/mol. The Morgan fingerprint density at radius 3 is 2.16 bits per heavy atom. The van der Waals surface area contributed by atoms with Crippen LogP contribution in [0.15, 0.2) is 46.3 Å². The molecular weight excluding hydrogens is 464 g/mol. The average Bonchev–Trinajstić information content (AvgIpc) is 3.62. The van der Waals surface area contributed by atoms with E-state index < -0.39 is 6.10 Å². The Bertz CT molecular complexity index is 923. The van der Waals surface area contributed by atoms with Crippen molar-refractivity contribution in [3.63, 3.8) is 0 Å². The van der Waals surface area contributed by atoms with Crippen molar-refractivity contribution in [1.82, 2.24) is 0 Å². The molecule has 0 aliphatic heterocycles. The highest BCUT2D eigenvalue weighted by atomic mass is 16.5. The third-order valence-corrected chi connectivity index (χ3v) is 10.4. The Kier molecular flexibility index (Phi) is 8.65. The average molecular weight is 513 g/mol. The van der Waals surface area contributed by atoms with Gasteiger partial charge in [0.05, 0.1) is 25.4 Å². The number of hydrogen-bond acceptors (Lipinski definition) is 5. The molecule has 3 saturated carbocycles.